The summed E-state index contributed by atoms with van der Waals surface area (Å²) in [5.41, 5.74) is 4.05. The summed E-state index contributed by atoms with van der Waals surface area (Å²) in [6.45, 7) is 5.47. The summed E-state index contributed by atoms with van der Waals surface area (Å²) in [6, 6.07) is 16.4. The summed E-state index contributed by atoms with van der Waals surface area (Å²) < 4.78 is 6.02. The quantitative estimate of drug-likeness (QED) is 0.117. The second kappa shape index (κ2) is 19.9. The maximum atomic E-state index is 13.0. The number of halogens is 1. The van der Waals surface area contributed by atoms with E-state index in [0.717, 1.165) is 47.1 Å². The lowest BCUT2D eigenvalue weighted by molar-refractivity contribution is -0.118. The van der Waals surface area contributed by atoms with Gasteiger partial charge in [-0.3, -0.25) is 4.79 Å². The fourth-order valence-electron chi connectivity index (χ4n) is 5.60. The van der Waals surface area contributed by atoms with Crippen molar-refractivity contribution >= 4 is 17.4 Å². The first-order chi connectivity index (χ1) is 21.2. The topological polar surface area (TPSA) is 45.1 Å². The van der Waals surface area contributed by atoms with Crippen molar-refractivity contribution in [3.8, 4) is 5.75 Å². The highest BCUT2D eigenvalue weighted by atomic mass is 79.9. The molecule has 0 saturated heterocycles. The maximum Gasteiger partial charge on any atom is 0.247 e. The van der Waals surface area contributed by atoms with Gasteiger partial charge in [-0.05, 0) is 54.0 Å². The van der Waals surface area contributed by atoms with E-state index in [1.807, 2.05) is 60.5 Å². The molecule has 6 heteroatoms. The molecule has 4 rings (SSSR count). The van der Waals surface area contributed by atoms with Gasteiger partial charge in [0.2, 0.25) is 17.4 Å². The second-order valence-electron chi connectivity index (χ2n) is 11.7. The van der Waals surface area contributed by atoms with Crippen LogP contribution in [0.15, 0.2) is 83.6 Å². The average molecular weight is 661 g/mol. The van der Waals surface area contributed by atoms with Crippen LogP contribution in [0.25, 0.3) is 0 Å². The van der Waals surface area contributed by atoms with E-state index in [1.165, 1.54) is 70.6 Å². The van der Waals surface area contributed by atoms with Gasteiger partial charge >= 0.3 is 0 Å². The van der Waals surface area contributed by atoms with E-state index < -0.39 is 0 Å². The number of hydrogen-bond acceptors (Lipinski definition) is 4. The van der Waals surface area contributed by atoms with Crippen LogP contribution in [0.3, 0.4) is 0 Å². The third-order valence-corrected chi connectivity index (χ3v) is 8.16. The molecule has 0 unspecified atom stereocenters. The Bertz CT molecular complexity index is 1270. The first kappa shape index (κ1) is 35.3. The zero-order valence-corrected chi connectivity index (χ0v) is 28.4. The van der Waals surface area contributed by atoms with E-state index in [2.05, 4.69) is 47.3 Å². The number of unbranched alkanes of at least 4 members (excludes halogenated alkanes) is 11. The number of ether oxygens (including phenoxy) is 1. The highest BCUT2D eigenvalue weighted by molar-refractivity contribution is 5.94. The van der Waals surface area contributed by atoms with Crippen molar-refractivity contribution in [3.63, 3.8) is 0 Å². The van der Waals surface area contributed by atoms with E-state index in [-0.39, 0.29) is 22.9 Å². The summed E-state index contributed by atoms with van der Waals surface area (Å²) >= 11 is 0. The van der Waals surface area contributed by atoms with Gasteiger partial charge in [0.1, 0.15) is 5.75 Å². The predicted molar refractivity (Wildman–Crippen MR) is 179 cm³/mol. The van der Waals surface area contributed by atoms with Gasteiger partial charge in [0.15, 0.2) is 6.20 Å². The van der Waals surface area contributed by atoms with Gasteiger partial charge in [-0.25, -0.2) is 4.90 Å². The lowest BCUT2D eigenvalue weighted by Gasteiger charge is -2.23. The number of hydrogen-bond donors (Lipinski definition) is 0. The lowest BCUT2D eigenvalue weighted by atomic mass is 10.1. The van der Waals surface area contributed by atoms with Crippen LogP contribution in [0.2, 0.25) is 0 Å². The number of carbonyl (C=O) groups excluding carboxylic acids is 1. The first-order valence-electron chi connectivity index (χ1n) is 16.6. The molecule has 0 N–H and O–H groups in total. The molecule has 2 aliphatic heterocycles. The van der Waals surface area contributed by atoms with Crippen molar-refractivity contribution in [2.75, 3.05) is 11.5 Å². The molecular weight excluding hydrogens is 610 g/mol. The average Bonchev–Trinajstić information content (AvgIpc) is 3.45. The first-order valence-corrected chi connectivity index (χ1v) is 16.6. The number of amides is 1. The number of nitrogens with zero attached hydrogens (tertiary/aromatic N) is 3. The zero-order valence-electron chi connectivity index (χ0n) is 26.8. The molecule has 1 amide bonds. The Labute approximate surface area is 276 Å². The van der Waals surface area contributed by atoms with Gasteiger partial charge in [-0.1, -0.05) is 114 Å². The van der Waals surface area contributed by atoms with Crippen molar-refractivity contribution in [2.45, 2.75) is 110 Å². The minimum absolute atomic E-state index is 0. The van der Waals surface area contributed by atoms with Crippen LogP contribution >= 0.6 is 0 Å². The van der Waals surface area contributed by atoms with Gasteiger partial charge in [0, 0.05) is 18.3 Å². The molecule has 0 fully saturated rings. The Morgan fingerprint density at radius 2 is 1.52 bits per heavy atom. The van der Waals surface area contributed by atoms with Crippen LogP contribution in [-0.4, -0.2) is 23.2 Å². The Hall–Kier alpha value is -3.21. The minimum Gasteiger partial charge on any atom is -1.00 e. The summed E-state index contributed by atoms with van der Waals surface area (Å²) in [4.78, 5) is 21.4. The van der Waals surface area contributed by atoms with Gasteiger partial charge < -0.3 is 26.6 Å². The molecule has 2 aromatic carbocycles. The Morgan fingerprint density at radius 1 is 0.841 bits per heavy atom. The van der Waals surface area contributed by atoms with Crippen LogP contribution in [0.4, 0.5) is 5.69 Å². The van der Waals surface area contributed by atoms with Gasteiger partial charge in [-0.2, -0.15) is 0 Å². The molecule has 0 aliphatic carbocycles. The molecule has 0 saturated carbocycles. The van der Waals surface area contributed by atoms with E-state index in [0.29, 0.717) is 19.4 Å². The maximum absolute atomic E-state index is 13.0. The highest BCUT2D eigenvalue weighted by Gasteiger charge is 2.29. The number of aliphatic imine (C=N–C) groups is 1. The monoisotopic (exact) mass is 659 g/mol. The van der Waals surface area contributed by atoms with E-state index in [1.54, 1.807) is 0 Å². The van der Waals surface area contributed by atoms with Crippen LogP contribution < -0.4 is 26.6 Å². The zero-order chi connectivity index (χ0) is 30.1. The lowest BCUT2D eigenvalue weighted by Crippen LogP contribution is -3.00. The summed E-state index contributed by atoms with van der Waals surface area (Å²) in [5, 5.41) is 0. The molecule has 2 heterocycles. The van der Waals surface area contributed by atoms with E-state index in [9.17, 15) is 4.79 Å². The number of carbonyl (C=O) groups is 1. The Morgan fingerprint density at radius 3 is 2.20 bits per heavy atom. The van der Waals surface area contributed by atoms with Crippen molar-refractivity contribution in [1.29, 1.82) is 0 Å². The van der Waals surface area contributed by atoms with Gasteiger partial charge in [0.25, 0.3) is 0 Å². The molecule has 44 heavy (non-hydrogen) atoms. The molecule has 0 radical (unpaired) electrons. The molecule has 236 valence electrons. The summed E-state index contributed by atoms with van der Waals surface area (Å²) in [6.07, 6.45) is 28.3. The summed E-state index contributed by atoms with van der Waals surface area (Å²) in [5.74, 6) is 1.93. The normalized spacial score (nSPS) is 13.1. The fourth-order valence-corrected chi connectivity index (χ4v) is 5.60. The molecule has 0 bridgehead atoms. The molecule has 5 nitrogen and oxygen atoms in total. The van der Waals surface area contributed by atoms with Gasteiger partial charge in [-0.15, -0.1) is 0 Å². The van der Waals surface area contributed by atoms with E-state index in [4.69, 9.17) is 4.74 Å². The van der Waals surface area contributed by atoms with Crippen molar-refractivity contribution in [1.82, 2.24) is 4.90 Å². The standard InChI is InChI=1S/C38H50N3O2.BrH/c1-3-5-6-7-8-9-10-11-12-13-14-17-27-43-36-24-22-32(23-25-36)31-41(38(42)4-2)34-21-18-19-33(28-34)29-37-39-30-35-20-15-16-26-40(35)37;/h15-16,18-26,28H,3-14,17,27,29,31H2,1-2H3;1H/q+1;/p-1. The van der Waals surface area contributed by atoms with Crippen LogP contribution in [0.1, 0.15) is 108 Å². The number of anilines is 1. The molecular formula is C38H50BrN3O2. The third kappa shape index (κ3) is 11.4. The van der Waals surface area contributed by atoms with E-state index >= 15 is 0 Å². The SMILES string of the molecule is CCCCCCCCCCCCCCOc1ccc(CN(C(=O)CC)c2cccc(CC3=N[C+]=C4C=CC=CN43)c2)cc1.[Br-]. The Kier molecular flexibility index (Phi) is 16.0. The third-order valence-electron chi connectivity index (χ3n) is 8.16. The number of benzene rings is 2. The molecule has 2 aliphatic rings. The number of allylic oxidation sites excluding steroid dienone is 3. The highest BCUT2D eigenvalue weighted by Crippen LogP contribution is 2.25. The van der Waals surface area contributed by atoms with Crippen molar-refractivity contribution in [3.05, 3.63) is 96.0 Å². The van der Waals surface area contributed by atoms with Crippen molar-refractivity contribution in [2.24, 2.45) is 4.99 Å². The fraction of sp³-hybridized carbons (Fsp3) is 0.474. The van der Waals surface area contributed by atoms with Crippen LogP contribution in [-0.2, 0) is 17.8 Å². The minimum atomic E-state index is 0. The summed E-state index contributed by atoms with van der Waals surface area (Å²) in [7, 11) is 0. The number of amidine groups is 1. The molecule has 0 aromatic heterocycles. The second-order valence-corrected chi connectivity index (χ2v) is 11.7. The predicted octanol–water partition coefficient (Wildman–Crippen LogP) is 6.70. The molecule has 0 atom stereocenters. The van der Waals surface area contributed by atoms with Gasteiger partial charge in [0.05, 0.1) is 25.6 Å². The smallest absolute Gasteiger partial charge is 0.247 e. The molecule has 2 aromatic rings. The Balaban J connectivity index is 0.00000529. The largest absolute Gasteiger partial charge is 1.00 e. The van der Waals surface area contributed by atoms with Crippen molar-refractivity contribution < 1.29 is 26.5 Å². The van der Waals surface area contributed by atoms with Crippen LogP contribution in [0.5, 0.6) is 5.75 Å². The molecule has 0 spiro atoms. The van der Waals surface area contributed by atoms with Crippen LogP contribution in [0, 0.1) is 6.20 Å². The number of rotatable bonds is 20. The number of fused-ring (bicyclic) bond motifs is 1.